The Morgan fingerprint density at radius 1 is 0.923 bits per heavy atom. The summed E-state index contributed by atoms with van der Waals surface area (Å²) in [4.78, 5) is 0. The maximum absolute atomic E-state index is 8.65. The summed E-state index contributed by atoms with van der Waals surface area (Å²) in [5.41, 5.74) is 0. The van der Waals surface area contributed by atoms with Crippen LogP contribution < -0.4 is 0 Å². The van der Waals surface area contributed by atoms with Crippen molar-refractivity contribution in [2.45, 2.75) is 23.9 Å². The van der Waals surface area contributed by atoms with Gasteiger partial charge in [0.25, 0.3) is 0 Å². The number of phenolic OH excluding ortho intramolecular Hbond substituents is 2. The molecule has 70 valence electrons. The van der Waals surface area contributed by atoms with Crippen LogP contribution in [0.15, 0.2) is 24.3 Å². The molecule has 2 N–H and O–H groups in total. The summed E-state index contributed by atoms with van der Waals surface area (Å²) < 4.78 is 0. The van der Waals surface area contributed by atoms with Gasteiger partial charge in [-0.3, -0.25) is 0 Å². The quantitative estimate of drug-likeness (QED) is 0.609. The standard InChI is InChI=1S/C6H6O2.2C2H5.Zn/c7-5-1-2-6(8)4-3-5;2*1-2;/h1-4,7-8H;2*1H2,2H3;. The molecule has 0 bridgehead atoms. The Bertz CT molecular complexity index is 186. The summed E-state index contributed by atoms with van der Waals surface area (Å²) in [6.07, 6.45) is 0. The van der Waals surface area contributed by atoms with Gasteiger partial charge in [0.05, 0.1) is 0 Å². The van der Waals surface area contributed by atoms with Crippen molar-refractivity contribution in [3.05, 3.63) is 24.3 Å². The van der Waals surface area contributed by atoms with Crippen molar-refractivity contribution in [1.29, 1.82) is 0 Å². The first-order valence-electron chi connectivity index (χ1n) is 4.68. The first kappa shape index (κ1) is 12.4. The fourth-order valence-corrected chi connectivity index (χ4v) is 2.29. The minimum absolute atomic E-state index is 0.0972. The average molecular weight is 234 g/mol. The third-order valence-corrected chi connectivity index (χ3v) is 4.52. The molecule has 3 heteroatoms. The summed E-state index contributed by atoms with van der Waals surface area (Å²) in [7, 11) is 0. The first-order valence-corrected chi connectivity index (χ1v) is 8.88. The summed E-state index contributed by atoms with van der Waals surface area (Å²) in [6, 6.07) is 5.70. The summed E-state index contributed by atoms with van der Waals surface area (Å²) in [5.74, 6) is 0.339. The second-order valence-corrected chi connectivity index (χ2v) is 8.55. The predicted octanol–water partition coefficient (Wildman–Crippen LogP) is 3.04. The van der Waals surface area contributed by atoms with Crippen LogP contribution in [-0.4, -0.2) is 10.2 Å². The van der Waals surface area contributed by atoms with Crippen LogP contribution in [0.5, 0.6) is 11.5 Å². The number of hydrogen-bond donors (Lipinski definition) is 2. The summed E-state index contributed by atoms with van der Waals surface area (Å²) >= 11 is 0.0972. The second-order valence-electron chi connectivity index (χ2n) is 2.87. The largest absolute Gasteiger partial charge is 0.508 e. The SMILES string of the molecule is C[CH2][Zn][CH2]C.Oc1ccc(O)cc1. The third kappa shape index (κ3) is 7.79. The molecule has 1 rings (SSSR count). The zero-order chi connectivity index (χ0) is 10.1. The van der Waals surface area contributed by atoms with Gasteiger partial charge in [-0.05, 0) is 24.3 Å². The number of rotatable bonds is 2. The van der Waals surface area contributed by atoms with E-state index in [9.17, 15) is 0 Å². The van der Waals surface area contributed by atoms with E-state index in [2.05, 4.69) is 13.8 Å². The molecule has 0 spiro atoms. The van der Waals surface area contributed by atoms with Gasteiger partial charge in [0, 0.05) is 0 Å². The van der Waals surface area contributed by atoms with Gasteiger partial charge in [-0.1, -0.05) is 0 Å². The second kappa shape index (κ2) is 8.06. The van der Waals surface area contributed by atoms with Crippen LogP contribution in [0.25, 0.3) is 0 Å². The van der Waals surface area contributed by atoms with E-state index in [1.807, 2.05) is 0 Å². The van der Waals surface area contributed by atoms with Crippen molar-refractivity contribution in [1.82, 2.24) is 0 Å². The predicted molar refractivity (Wildman–Crippen MR) is 50.7 cm³/mol. The van der Waals surface area contributed by atoms with Crippen LogP contribution in [0.2, 0.25) is 10.0 Å². The van der Waals surface area contributed by atoms with Gasteiger partial charge >= 0.3 is 41.0 Å². The van der Waals surface area contributed by atoms with Gasteiger partial charge in [0.15, 0.2) is 0 Å². The maximum atomic E-state index is 8.65. The summed E-state index contributed by atoms with van der Waals surface area (Å²) in [5, 5.41) is 20.4. The smallest absolute Gasteiger partial charge is 0.115 e. The van der Waals surface area contributed by atoms with E-state index in [4.69, 9.17) is 10.2 Å². The average Bonchev–Trinajstić information content (AvgIpc) is 2.13. The van der Waals surface area contributed by atoms with Crippen molar-refractivity contribution in [2.24, 2.45) is 0 Å². The maximum Gasteiger partial charge on any atom is 0.115 e. The molecule has 0 unspecified atom stereocenters. The molecule has 0 aliphatic heterocycles. The molecule has 0 atom stereocenters. The van der Waals surface area contributed by atoms with E-state index in [0.717, 1.165) is 0 Å². The number of hydrogen-bond acceptors (Lipinski definition) is 2. The van der Waals surface area contributed by atoms with E-state index in [1.54, 1.807) is 0 Å². The zero-order valence-corrected chi connectivity index (χ0v) is 11.3. The molecule has 0 saturated carbocycles. The molecule has 0 aromatic heterocycles. The van der Waals surface area contributed by atoms with Crippen LogP contribution in [0.4, 0.5) is 0 Å². The molecule has 0 fully saturated rings. The van der Waals surface area contributed by atoms with Crippen LogP contribution >= 0.6 is 0 Å². The van der Waals surface area contributed by atoms with Crippen LogP contribution in [-0.2, 0) is 17.1 Å². The van der Waals surface area contributed by atoms with Gasteiger partial charge < -0.3 is 10.2 Å². The van der Waals surface area contributed by atoms with Gasteiger partial charge in [0.1, 0.15) is 11.5 Å². The van der Waals surface area contributed by atoms with Crippen molar-refractivity contribution in [2.75, 3.05) is 0 Å². The van der Waals surface area contributed by atoms with Gasteiger partial charge in [-0.15, -0.1) is 0 Å². The molecular weight excluding hydrogens is 217 g/mol. The van der Waals surface area contributed by atoms with Crippen molar-refractivity contribution in [3.63, 3.8) is 0 Å². The molecule has 2 nitrogen and oxygen atoms in total. The molecule has 1 aromatic carbocycles. The van der Waals surface area contributed by atoms with Crippen LogP contribution in [0.1, 0.15) is 13.8 Å². The Hall–Kier alpha value is -0.557. The monoisotopic (exact) mass is 232 g/mol. The fraction of sp³-hybridized carbons (Fsp3) is 0.400. The van der Waals surface area contributed by atoms with Crippen molar-refractivity contribution in [3.8, 4) is 11.5 Å². The Morgan fingerprint density at radius 3 is 1.38 bits per heavy atom. The molecular formula is C10H16O2Zn. The molecule has 0 radical (unpaired) electrons. The Morgan fingerprint density at radius 2 is 1.23 bits per heavy atom. The molecule has 0 heterocycles. The van der Waals surface area contributed by atoms with Gasteiger partial charge in [-0.25, -0.2) is 0 Å². The molecule has 0 aliphatic carbocycles. The van der Waals surface area contributed by atoms with E-state index >= 15 is 0 Å². The first-order chi connectivity index (χ1) is 6.20. The zero-order valence-electron chi connectivity index (χ0n) is 8.33. The van der Waals surface area contributed by atoms with E-state index < -0.39 is 0 Å². The van der Waals surface area contributed by atoms with E-state index in [-0.39, 0.29) is 28.6 Å². The molecule has 13 heavy (non-hydrogen) atoms. The van der Waals surface area contributed by atoms with Gasteiger partial charge in [-0.2, -0.15) is 0 Å². The number of benzene rings is 1. The van der Waals surface area contributed by atoms with Crippen molar-refractivity contribution < 1.29 is 27.3 Å². The fourth-order valence-electron chi connectivity index (χ4n) is 0.806. The van der Waals surface area contributed by atoms with E-state index in [0.29, 0.717) is 0 Å². The summed E-state index contributed by atoms with van der Waals surface area (Å²) in [6.45, 7) is 4.59. The van der Waals surface area contributed by atoms with Crippen molar-refractivity contribution >= 4 is 0 Å². The Kier molecular flexibility index (Phi) is 7.72. The Labute approximate surface area is 87.2 Å². The van der Waals surface area contributed by atoms with Crippen LogP contribution in [0.3, 0.4) is 0 Å². The van der Waals surface area contributed by atoms with Gasteiger partial charge in [0.2, 0.25) is 0 Å². The minimum Gasteiger partial charge on any atom is -0.508 e. The Balaban J connectivity index is 0.000000252. The number of phenols is 2. The molecule has 0 amide bonds. The minimum atomic E-state index is 0.0972. The topological polar surface area (TPSA) is 40.5 Å². The molecule has 0 saturated heterocycles. The normalized spacial score (nSPS) is 8.15. The third-order valence-electron chi connectivity index (χ3n) is 1.56. The van der Waals surface area contributed by atoms with Crippen LogP contribution in [0, 0.1) is 0 Å². The molecule has 1 aromatic rings. The van der Waals surface area contributed by atoms with E-state index in [1.165, 1.54) is 34.3 Å². The molecule has 0 aliphatic rings. The number of aromatic hydroxyl groups is 2.